The van der Waals surface area contributed by atoms with Crippen molar-refractivity contribution >= 4 is 28.5 Å². The Morgan fingerprint density at radius 3 is 2.70 bits per heavy atom. The number of nitrogens with one attached hydrogen (secondary N) is 1. The molecular weight excluding hydrogens is 420 g/mol. The standard InChI is InChI=1S/C23H22N8O2/c1-30-11-7-17(29-30)20-19(15-5-6-16-14(12-15)4-2-8-25-16)27-21(22(24)28-20)23(33)26-13-18(32)31-9-3-10-31/h2,4-8,11-12H,3,9-10,13H2,1H3,(H2,24,28)(H,26,33). The molecule has 3 aromatic heterocycles. The van der Waals surface area contributed by atoms with Crippen LogP contribution in [0.3, 0.4) is 0 Å². The van der Waals surface area contributed by atoms with E-state index in [1.807, 2.05) is 30.3 Å². The highest BCUT2D eigenvalue weighted by atomic mass is 16.2. The van der Waals surface area contributed by atoms with Crippen molar-refractivity contribution in [2.45, 2.75) is 6.42 Å². The number of benzene rings is 1. The Labute approximate surface area is 189 Å². The molecule has 0 spiro atoms. The summed E-state index contributed by atoms with van der Waals surface area (Å²) in [6.07, 6.45) is 4.51. The number of nitrogen functional groups attached to an aromatic ring is 1. The number of carbonyl (C=O) groups is 2. The minimum atomic E-state index is -0.551. The zero-order chi connectivity index (χ0) is 22.9. The fraction of sp³-hybridized carbons (Fsp3) is 0.217. The molecule has 5 rings (SSSR count). The first-order valence-electron chi connectivity index (χ1n) is 10.6. The fourth-order valence-corrected chi connectivity index (χ4v) is 3.68. The van der Waals surface area contributed by atoms with Gasteiger partial charge in [0.15, 0.2) is 11.5 Å². The van der Waals surface area contributed by atoms with Crippen molar-refractivity contribution in [2.75, 3.05) is 25.4 Å². The number of hydrogen-bond acceptors (Lipinski definition) is 7. The minimum Gasteiger partial charge on any atom is -0.382 e. The molecule has 1 saturated heterocycles. The van der Waals surface area contributed by atoms with Gasteiger partial charge in [-0.2, -0.15) is 5.10 Å². The lowest BCUT2D eigenvalue weighted by Gasteiger charge is -2.30. The van der Waals surface area contributed by atoms with Crippen LogP contribution in [0.25, 0.3) is 33.5 Å². The molecule has 0 atom stereocenters. The van der Waals surface area contributed by atoms with Crippen LogP contribution in [0.15, 0.2) is 48.8 Å². The van der Waals surface area contributed by atoms with Gasteiger partial charge in [0.05, 0.1) is 17.8 Å². The van der Waals surface area contributed by atoms with Crippen molar-refractivity contribution in [1.82, 2.24) is 34.9 Å². The van der Waals surface area contributed by atoms with E-state index < -0.39 is 5.91 Å². The molecule has 1 aromatic carbocycles. The maximum Gasteiger partial charge on any atom is 0.274 e. The maximum absolute atomic E-state index is 12.9. The molecule has 0 bridgehead atoms. The first-order chi connectivity index (χ1) is 16.0. The summed E-state index contributed by atoms with van der Waals surface area (Å²) in [6, 6.07) is 11.3. The lowest BCUT2D eigenvalue weighted by Crippen LogP contribution is -2.47. The number of pyridine rings is 1. The molecule has 0 saturated carbocycles. The van der Waals surface area contributed by atoms with E-state index in [-0.39, 0.29) is 24.0 Å². The van der Waals surface area contributed by atoms with Crippen LogP contribution in [-0.2, 0) is 11.8 Å². The number of likely N-dealkylation sites (tertiary alicyclic amines) is 1. The Bertz CT molecular complexity index is 1380. The third-order valence-corrected chi connectivity index (χ3v) is 5.58. The zero-order valence-corrected chi connectivity index (χ0v) is 18.0. The third kappa shape index (κ3) is 3.98. The summed E-state index contributed by atoms with van der Waals surface area (Å²) in [6.45, 7) is 1.33. The number of amides is 2. The summed E-state index contributed by atoms with van der Waals surface area (Å²) >= 11 is 0. The van der Waals surface area contributed by atoms with Gasteiger partial charge in [0.2, 0.25) is 5.91 Å². The van der Waals surface area contributed by atoms with Crippen LogP contribution in [0.1, 0.15) is 16.9 Å². The molecule has 3 N–H and O–H groups in total. The van der Waals surface area contributed by atoms with E-state index in [1.165, 1.54) is 0 Å². The second kappa shape index (κ2) is 8.30. The maximum atomic E-state index is 12.9. The highest BCUT2D eigenvalue weighted by Gasteiger charge is 2.24. The first-order valence-corrected chi connectivity index (χ1v) is 10.6. The van der Waals surface area contributed by atoms with Crippen LogP contribution in [0, 0.1) is 0 Å². The van der Waals surface area contributed by atoms with Crippen LogP contribution < -0.4 is 11.1 Å². The molecule has 33 heavy (non-hydrogen) atoms. The van der Waals surface area contributed by atoms with Gasteiger partial charge >= 0.3 is 0 Å². The number of aromatic nitrogens is 5. The van der Waals surface area contributed by atoms with Crippen molar-refractivity contribution < 1.29 is 9.59 Å². The van der Waals surface area contributed by atoms with E-state index >= 15 is 0 Å². The largest absolute Gasteiger partial charge is 0.382 e. The summed E-state index contributed by atoms with van der Waals surface area (Å²) in [7, 11) is 1.80. The van der Waals surface area contributed by atoms with Gasteiger partial charge in [0.25, 0.3) is 5.91 Å². The smallest absolute Gasteiger partial charge is 0.274 e. The summed E-state index contributed by atoms with van der Waals surface area (Å²) < 4.78 is 1.66. The van der Waals surface area contributed by atoms with Gasteiger partial charge in [-0.15, -0.1) is 0 Å². The van der Waals surface area contributed by atoms with Crippen molar-refractivity contribution in [2.24, 2.45) is 7.05 Å². The average Bonchev–Trinajstić information content (AvgIpc) is 3.22. The quantitative estimate of drug-likeness (QED) is 0.480. The molecule has 0 unspecified atom stereocenters. The van der Waals surface area contributed by atoms with Gasteiger partial charge in [-0.05, 0) is 30.7 Å². The van der Waals surface area contributed by atoms with Gasteiger partial charge in [-0.1, -0.05) is 12.1 Å². The SMILES string of the molecule is Cn1ccc(-c2nc(N)c(C(=O)NCC(=O)N3CCC3)nc2-c2ccc3ncccc3c2)n1. The number of carbonyl (C=O) groups excluding carboxylic acids is 2. The van der Waals surface area contributed by atoms with E-state index in [0.717, 1.165) is 36.0 Å². The van der Waals surface area contributed by atoms with Crippen molar-refractivity contribution in [3.05, 3.63) is 54.5 Å². The topological polar surface area (TPSA) is 132 Å². The first kappa shape index (κ1) is 20.6. The van der Waals surface area contributed by atoms with Gasteiger partial charge < -0.3 is 16.0 Å². The molecule has 0 aliphatic carbocycles. The lowest BCUT2D eigenvalue weighted by atomic mass is 10.0. The monoisotopic (exact) mass is 442 g/mol. The predicted octanol–water partition coefficient (Wildman–Crippen LogP) is 1.64. The van der Waals surface area contributed by atoms with Crippen LogP contribution >= 0.6 is 0 Å². The van der Waals surface area contributed by atoms with Gasteiger partial charge in [0.1, 0.15) is 11.4 Å². The average molecular weight is 442 g/mol. The molecule has 10 heteroatoms. The highest BCUT2D eigenvalue weighted by molar-refractivity contribution is 6.00. The number of fused-ring (bicyclic) bond motifs is 1. The normalized spacial score (nSPS) is 13.1. The second-order valence-electron chi connectivity index (χ2n) is 7.86. The molecule has 166 valence electrons. The summed E-state index contributed by atoms with van der Waals surface area (Å²) in [5.41, 5.74) is 9.19. The Balaban J connectivity index is 1.55. The van der Waals surface area contributed by atoms with Crippen molar-refractivity contribution in [3.63, 3.8) is 0 Å². The van der Waals surface area contributed by atoms with E-state index in [9.17, 15) is 9.59 Å². The molecule has 4 aromatic rings. The summed E-state index contributed by atoms with van der Waals surface area (Å²) in [5, 5.41) is 7.98. The number of rotatable bonds is 5. The molecule has 1 aliphatic rings. The Hall–Kier alpha value is -4.34. The van der Waals surface area contributed by atoms with Crippen LogP contribution in [0.4, 0.5) is 5.82 Å². The molecular formula is C23H22N8O2. The number of nitrogens with zero attached hydrogens (tertiary/aromatic N) is 6. The molecule has 4 heterocycles. The van der Waals surface area contributed by atoms with Crippen LogP contribution in [0.5, 0.6) is 0 Å². The van der Waals surface area contributed by atoms with Crippen LogP contribution in [-0.4, -0.2) is 61.1 Å². The Morgan fingerprint density at radius 1 is 1.12 bits per heavy atom. The van der Waals surface area contributed by atoms with Crippen molar-refractivity contribution in [1.29, 1.82) is 0 Å². The molecule has 2 amide bonds. The Kier molecular flexibility index (Phi) is 5.17. The Morgan fingerprint density at radius 2 is 1.97 bits per heavy atom. The van der Waals surface area contributed by atoms with Gasteiger partial charge in [-0.25, -0.2) is 9.97 Å². The number of aryl methyl sites for hydroxylation is 1. The van der Waals surface area contributed by atoms with Crippen molar-refractivity contribution in [3.8, 4) is 22.6 Å². The van der Waals surface area contributed by atoms with E-state index in [4.69, 9.17) is 5.73 Å². The molecule has 1 aliphatic heterocycles. The summed E-state index contributed by atoms with van der Waals surface area (Å²) in [4.78, 5) is 40.1. The van der Waals surface area contributed by atoms with E-state index in [2.05, 4.69) is 25.4 Å². The number of hydrogen-bond donors (Lipinski definition) is 2. The lowest BCUT2D eigenvalue weighted by molar-refractivity contribution is -0.133. The second-order valence-corrected chi connectivity index (χ2v) is 7.86. The number of anilines is 1. The molecule has 10 nitrogen and oxygen atoms in total. The van der Waals surface area contributed by atoms with Gasteiger partial charge in [0, 0.05) is 43.5 Å². The number of nitrogens with two attached hydrogens (primary N) is 1. The minimum absolute atomic E-state index is 0.0317. The third-order valence-electron chi connectivity index (χ3n) is 5.58. The summed E-state index contributed by atoms with van der Waals surface area (Å²) in [5.74, 6) is -0.714. The van der Waals surface area contributed by atoms with Crippen LogP contribution in [0.2, 0.25) is 0 Å². The van der Waals surface area contributed by atoms with E-state index in [1.54, 1.807) is 35.1 Å². The zero-order valence-electron chi connectivity index (χ0n) is 18.0. The molecule has 1 fully saturated rings. The fourth-order valence-electron chi connectivity index (χ4n) is 3.68. The highest BCUT2D eigenvalue weighted by Crippen LogP contribution is 2.31. The predicted molar refractivity (Wildman–Crippen MR) is 123 cm³/mol. The van der Waals surface area contributed by atoms with Gasteiger partial charge in [-0.3, -0.25) is 19.3 Å². The van der Waals surface area contributed by atoms with E-state index in [0.29, 0.717) is 17.1 Å². The molecule has 0 radical (unpaired) electrons.